The topological polar surface area (TPSA) is 67.8 Å². The molecule has 2 aromatic carbocycles. The third kappa shape index (κ3) is 5.01. The number of hydrogen-bond acceptors (Lipinski definition) is 4. The third-order valence-electron chi connectivity index (χ3n) is 3.76. The summed E-state index contributed by atoms with van der Waals surface area (Å²) in [5, 5.41) is 11.8. The van der Waals surface area contributed by atoms with E-state index in [1.165, 1.54) is 24.3 Å². The average Bonchev–Trinajstić information content (AvgIpc) is 2.65. The first-order valence-electron chi connectivity index (χ1n) is 8.06. The van der Waals surface area contributed by atoms with Crippen molar-refractivity contribution in [3.05, 3.63) is 59.7 Å². The molecule has 1 aliphatic heterocycles. The van der Waals surface area contributed by atoms with Gasteiger partial charge in [-0.1, -0.05) is 18.2 Å². The number of alkyl halides is 3. The number of rotatable bonds is 4. The third-order valence-corrected chi connectivity index (χ3v) is 3.76. The van der Waals surface area contributed by atoms with Crippen molar-refractivity contribution < 1.29 is 32.5 Å². The Balaban J connectivity index is 1.66. The molecule has 27 heavy (non-hydrogen) atoms. The molecule has 1 heterocycles. The molecule has 8 heteroatoms. The number of carbonyl (C=O) groups is 1. The van der Waals surface area contributed by atoms with Crippen molar-refractivity contribution in [2.24, 2.45) is 0 Å². The van der Waals surface area contributed by atoms with E-state index in [1.54, 1.807) is 18.2 Å². The van der Waals surface area contributed by atoms with E-state index in [1.807, 2.05) is 0 Å². The highest BCUT2D eigenvalue weighted by Crippen LogP contribution is 2.34. The van der Waals surface area contributed by atoms with Gasteiger partial charge in [-0.3, -0.25) is 4.79 Å². The summed E-state index contributed by atoms with van der Waals surface area (Å²) in [6, 6.07) is 10.6. The SMILES string of the molecule is O=C(Nc1ccc2c(c1)OC[C@H](CO)O2)c1ccc(/C=C/C(F)(F)F)cc1. The Morgan fingerprint density at radius 1 is 1.19 bits per heavy atom. The molecule has 0 spiro atoms. The van der Waals surface area contributed by atoms with Crippen LogP contribution in [0.1, 0.15) is 15.9 Å². The van der Waals surface area contributed by atoms with Gasteiger partial charge in [0, 0.05) is 23.4 Å². The molecule has 0 bridgehead atoms. The Morgan fingerprint density at radius 2 is 1.93 bits per heavy atom. The van der Waals surface area contributed by atoms with Gasteiger partial charge in [0.2, 0.25) is 0 Å². The van der Waals surface area contributed by atoms with Crippen molar-refractivity contribution in [2.45, 2.75) is 12.3 Å². The lowest BCUT2D eigenvalue weighted by molar-refractivity contribution is -0.0790. The molecule has 0 saturated carbocycles. The van der Waals surface area contributed by atoms with Crippen LogP contribution in [0.15, 0.2) is 48.5 Å². The van der Waals surface area contributed by atoms with Gasteiger partial charge in [-0.05, 0) is 29.8 Å². The molecule has 2 N–H and O–H groups in total. The van der Waals surface area contributed by atoms with Crippen molar-refractivity contribution in [1.29, 1.82) is 0 Å². The fourth-order valence-electron chi connectivity index (χ4n) is 2.42. The summed E-state index contributed by atoms with van der Waals surface area (Å²) in [5.41, 5.74) is 1.11. The van der Waals surface area contributed by atoms with Gasteiger partial charge in [0.1, 0.15) is 6.61 Å². The molecule has 3 rings (SSSR count). The Bertz CT molecular complexity index is 847. The molecule has 0 fully saturated rings. The number of nitrogens with one attached hydrogen (secondary N) is 1. The Kier molecular flexibility index (Phi) is 5.36. The fraction of sp³-hybridized carbons (Fsp3) is 0.211. The van der Waals surface area contributed by atoms with Crippen LogP contribution in [0.2, 0.25) is 0 Å². The van der Waals surface area contributed by atoms with Gasteiger partial charge < -0.3 is 19.9 Å². The summed E-state index contributed by atoms with van der Waals surface area (Å²) in [6.07, 6.45) is -3.74. The molecule has 0 radical (unpaired) electrons. The number of halogens is 3. The van der Waals surface area contributed by atoms with E-state index in [-0.39, 0.29) is 19.3 Å². The number of fused-ring (bicyclic) bond motifs is 1. The predicted molar refractivity (Wildman–Crippen MR) is 92.9 cm³/mol. The van der Waals surface area contributed by atoms with E-state index < -0.39 is 18.2 Å². The van der Waals surface area contributed by atoms with Crippen LogP contribution in [0, 0.1) is 0 Å². The van der Waals surface area contributed by atoms with E-state index in [0.717, 1.165) is 6.08 Å². The van der Waals surface area contributed by atoms with E-state index >= 15 is 0 Å². The largest absolute Gasteiger partial charge is 0.486 e. The summed E-state index contributed by atoms with van der Waals surface area (Å²) in [7, 11) is 0. The van der Waals surface area contributed by atoms with Gasteiger partial charge in [0.25, 0.3) is 5.91 Å². The normalized spacial score (nSPS) is 16.4. The highest BCUT2D eigenvalue weighted by atomic mass is 19.4. The van der Waals surface area contributed by atoms with Gasteiger partial charge in [-0.2, -0.15) is 13.2 Å². The highest BCUT2D eigenvalue weighted by Gasteiger charge is 2.22. The Labute approximate surface area is 153 Å². The molecule has 1 atom stereocenters. The van der Waals surface area contributed by atoms with E-state index in [9.17, 15) is 18.0 Å². The smallest absolute Gasteiger partial charge is 0.409 e. The van der Waals surface area contributed by atoms with E-state index in [0.29, 0.717) is 28.3 Å². The van der Waals surface area contributed by atoms with Crippen LogP contribution in [0.3, 0.4) is 0 Å². The Hall–Kier alpha value is -3.00. The number of amides is 1. The van der Waals surface area contributed by atoms with Crippen molar-refractivity contribution in [3.63, 3.8) is 0 Å². The van der Waals surface area contributed by atoms with E-state index in [2.05, 4.69) is 5.32 Å². The quantitative estimate of drug-likeness (QED) is 0.851. The zero-order valence-electron chi connectivity index (χ0n) is 14.0. The number of aliphatic hydroxyl groups is 1. The molecular weight excluding hydrogens is 363 g/mol. The van der Waals surface area contributed by atoms with Crippen LogP contribution in [-0.2, 0) is 0 Å². The number of allylic oxidation sites excluding steroid dienone is 1. The maximum atomic E-state index is 12.3. The number of ether oxygens (including phenoxy) is 2. The molecule has 0 unspecified atom stereocenters. The zero-order chi connectivity index (χ0) is 19.4. The monoisotopic (exact) mass is 379 g/mol. The molecule has 5 nitrogen and oxygen atoms in total. The second-order valence-corrected chi connectivity index (χ2v) is 5.85. The second kappa shape index (κ2) is 7.71. The first kappa shape index (κ1) is 18.8. The molecule has 0 aromatic heterocycles. The van der Waals surface area contributed by atoms with Crippen molar-refractivity contribution in [2.75, 3.05) is 18.5 Å². The van der Waals surface area contributed by atoms with Gasteiger partial charge in [0.05, 0.1) is 6.61 Å². The van der Waals surface area contributed by atoms with Crippen molar-refractivity contribution >= 4 is 17.7 Å². The number of hydrogen-bond donors (Lipinski definition) is 2. The minimum atomic E-state index is -4.38. The minimum Gasteiger partial charge on any atom is -0.486 e. The lowest BCUT2D eigenvalue weighted by Gasteiger charge is -2.25. The molecule has 1 aliphatic rings. The molecule has 0 saturated heterocycles. The number of benzene rings is 2. The first-order valence-corrected chi connectivity index (χ1v) is 8.06. The summed E-state index contributed by atoms with van der Waals surface area (Å²) < 4.78 is 47.5. The van der Waals surface area contributed by atoms with Gasteiger partial charge in [0.15, 0.2) is 17.6 Å². The number of anilines is 1. The summed E-state index contributed by atoms with van der Waals surface area (Å²) in [4.78, 5) is 12.3. The average molecular weight is 379 g/mol. The lowest BCUT2D eigenvalue weighted by Crippen LogP contribution is -2.32. The molecule has 0 aliphatic carbocycles. The zero-order valence-corrected chi connectivity index (χ0v) is 14.0. The fourth-order valence-corrected chi connectivity index (χ4v) is 2.42. The van der Waals surface area contributed by atoms with Gasteiger partial charge in [-0.25, -0.2) is 0 Å². The molecule has 142 valence electrons. The Morgan fingerprint density at radius 3 is 2.59 bits per heavy atom. The van der Waals surface area contributed by atoms with Crippen LogP contribution in [0.25, 0.3) is 6.08 Å². The summed E-state index contributed by atoms with van der Waals surface area (Å²) >= 11 is 0. The van der Waals surface area contributed by atoms with Crippen LogP contribution in [0.4, 0.5) is 18.9 Å². The number of carbonyl (C=O) groups excluding carboxylic acids is 1. The van der Waals surface area contributed by atoms with Crippen LogP contribution >= 0.6 is 0 Å². The second-order valence-electron chi connectivity index (χ2n) is 5.85. The standard InChI is InChI=1S/C19H16F3NO4/c20-19(21,22)8-7-12-1-3-13(4-2-12)18(25)23-14-5-6-16-17(9-14)26-11-15(10-24)27-16/h1-9,15,24H,10-11H2,(H,23,25)/b8-7+/t15-/m0/s1. The van der Waals surface area contributed by atoms with Crippen molar-refractivity contribution in [3.8, 4) is 11.5 Å². The minimum absolute atomic E-state index is 0.138. The first-order chi connectivity index (χ1) is 12.8. The molecular formula is C19H16F3NO4. The maximum absolute atomic E-state index is 12.3. The van der Waals surface area contributed by atoms with Crippen LogP contribution < -0.4 is 14.8 Å². The predicted octanol–water partition coefficient (Wildman–Crippen LogP) is 3.65. The summed E-state index contributed by atoms with van der Waals surface area (Å²) in [5.74, 6) is 0.510. The maximum Gasteiger partial charge on any atom is 0.409 e. The van der Waals surface area contributed by atoms with Gasteiger partial charge >= 0.3 is 6.18 Å². The number of aliphatic hydroxyl groups excluding tert-OH is 1. The molecule has 1 amide bonds. The highest BCUT2D eigenvalue weighted by molar-refractivity contribution is 6.04. The lowest BCUT2D eigenvalue weighted by atomic mass is 10.1. The van der Waals surface area contributed by atoms with Gasteiger partial charge in [-0.15, -0.1) is 0 Å². The summed E-state index contributed by atoms with van der Waals surface area (Å²) in [6.45, 7) is 0.0416. The van der Waals surface area contributed by atoms with Crippen LogP contribution in [-0.4, -0.2) is 36.5 Å². The van der Waals surface area contributed by atoms with E-state index in [4.69, 9.17) is 14.6 Å². The van der Waals surface area contributed by atoms with Crippen molar-refractivity contribution in [1.82, 2.24) is 0 Å². The molecule has 2 aromatic rings. The van der Waals surface area contributed by atoms with Crippen LogP contribution in [0.5, 0.6) is 11.5 Å².